The number of hydrogen-bond acceptors (Lipinski definition) is 4. The van der Waals surface area contributed by atoms with Gasteiger partial charge in [-0.2, -0.15) is 5.10 Å². The molecule has 1 fully saturated rings. The van der Waals surface area contributed by atoms with Gasteiger partial charge in [-0.15, -0.1) is 0 Å². The molecule has 0 unspecified atom stereocenters. The minimum Gasteiger partial charge on any atom is -0.381 e. The van der Waals surface area contributed by atoms with Crippen LogP contribution in [0.3, 0.4) is 0 Å². The van der Waals surface area contributed by atoms with Gasteiger partial charge in [-0.1, -0.05) is 0 Å². The molecule has 3 N–H and O–H groups in total. The Morgan fingerprint density at radius 3 is 2.92 bits per heavy atom. The van der Waals surface area contributed by atoms with Gasteiger partial charge in [0.1, 0.15) is 0 Å². The molecule has 0 aromatic carbocycles. The van der Waals surface area contributed by atoms with Gasteiger partial charge in [0.05, 0.1) is 6.04 Å². The normalized spacial score (nSPS) is 18.8. The van der Waals surface area contributed by atoms with Crippen LogP contribution in [0.5, 0.6) is 0 Å². The number of hydrogen-bond donors (Lipinski definition) is 2. The zero-order valence-electron chi connectivity index (χ0n) is 7.44. The van der Waals surface area contributed by atoms with Crippen molar-refractivity contribution in [2.45, 2.75) is 18.9 Å². The molecule has 1 aliphatic rings. The molecule has 0 saturated carbocycles. The lowest BCUT2D eigenvalue weighted by atomic mass is 10.1. The Kier molecular flexibility index (Phi) is 2.47. The molecule has 2 rings (SSSR count). The molecule has 13 heavy (non-hydrogen) atoms. The molecule has 2 heterocycles. The van der Waals surface area contributed by atoms with Crippen molar-refractivity contribution >= 4 is 5.82 Å². The van der Waals surface area contributed by atoms with Gasteiger partial charge < -0.3 is 10.2 Å². The van der Waals surface area contributed by atoms with Crippen LogP contribution in [-0.4, -0.2) is 23.0 Å². The maximum absolute atomic E-state index is 5.27. The second-order valence-corrected chi connectivity index (χ2v) is 3.17. The standard InChI is InChI=1S/C8H14N4O/c9-10-8-1-4-12(11-8)7-2-5-13-6-3-7/h1,4,7H,2-3,5-6,9H2,(H,10,11). The molecule has 0 radical (unpaired) electrons. The first-order valence-electron chi connectivity index (χ1n) is 4.49. The number of hydrazine groups is 1. The van der Waals surface area contributed by atoms with E-state index in [1.807, 2.05) is 16.9 Å². The fourth-order valence-electron chi connectivity index (χ4n) is 1.57. The number of anilines is 1. The average Bonchev–Trinajstić information content (AvgIpc) is 2.67. The van der Waals surface area contributed by atoms with Crippen molar-refractivity contribution < 1.29 is 4.74 Å². The second kappa shape index (κ2) is 3.76. The molecule has 5 nitrogen and oxygen atoms in total. The summed E-state index contributed by atoms with van der Waals surface area (Å²) in [6.07, 6.45) is 4.02. The minimum absolute atomic E-state index is 0.468. The monoisotopic (exact) mass is 182 g/mol. The lowest BCUT2D eigenvalue weighted by Crippen LogP contribution is -2.20. The molecular weight excluding hydrogens is 168 g/mol. The summed E-state index contributed by atoms with van der Waals surface area (Å²) in [6.45, 7) is 1.66. The van der Waals surface area contributed by atoms with Crippen LogP contribution in [0.4, 0.5) is 5.82 Å². The minimum atomic E-state index is 0.468. The molecule has 1 aromatic heterocycles. The van der Waals surface area contributed by atoms with Gasteiger partial charge in [0.15, 0.2) is 5.82 Å². The van der Waals surface area contributed by atoms with Crippen LogP contribution < -0.4 is 11.3 Å². The van der Waals surface area contributed by atoms with Gasteiger partial charge in [0.25, 0.3) is 0 Å². The van der Waals surface area contributed by atoms with Gasteiger partial charge in [0, 0.05) is 25.5 Å². The Morgan fingerprint density at radius 1 is 1.54 bits per heavy atom. The van der Waals surface area contributed by atoms with Crippen molar-refractivity contribution in [3.63, 3.8) is 0 Å². The van der Waals surface area contributed by atoms with Crippen molar-refractivity contribution in [3.8, 4) is 0 Å². The van der Waals surface area contributed by atoms with E-state index in [1.54, 1.807) is 0 Å². The number of nitrogens with one attached hydrogen (secondary N) is 1. The predicted octanol–water partition coefficient (Wildman–Crippen LogP) is 0.520. The first kappa shape index (κ1) is 8.52. The molecule has 0 amide bonds. The topological polar surface area (TPSA) is 65.1 Å². The average molecular weight is 182 g/mol. The van der Waals surface area contributed by atoms with E-state index in [2.05, 4.69) is 10.5 Å². The second-order valence-electron chi connectivity index (χ2n) is 3.17. The summed E-state index contributed by atoms with van der Waals surface area (Å²) in [4.78, 5) is 0. The van der Waals surface area contributed by atoms with Crippen LogP contribution >= 0.6 is 0 Å². The third-order valence-electron chi connectivity index (χ3n) is 2.32. The van der Waals surface area contributed by atoms with E-state index < -0.39 is 0 Å². The highest BCUT2D eigenvalue weighted by molar-refractivity contribution is 5.29. The van der Waals surface area contributed by atoms with E-state index in [9.17, 15) is 0 Å². The summed E-state index contributed by atoms with van der Waals surface area (Å²) < 4.78 is 7.23. The Bertz CT molecular complexity index is 267. The lowest BCUT2D eigenvalue weighted by Gasteiger charge is -2.22. The molecule has 72 valence electrons. The maximum Gasteiger partial charge on any atom is 0.161 e. The van der Waals surface area contributed by atoms with Crippen molar-refractivity contribution in [1.82, 2.24) is 9.78 Å². The van der Waals surface area contributed by atoms with Crippen LogP contribution in [0.2, 0.25) is 0 Å². The Balaban J connectivity index is 2.05. The molecule has 1 aromatic rings. The summed E-state index contributed by atoms with van der Waals surface area (Å²) in [7, 11) is 0. The highest BCUT2D eigenvalue weighted by Crippen LogP contribution is 2.20. The van der Waals surface area contributed by atoms with E-state index >= 15 is 0 Å². The summed E-state index contributed by atoms with van der Waals surface area (Å²) in [6, 6.07) is 2.34. The smallest absolute Gasteiger partial charge is 0.161 e. The number of nitrogens with zero attached hydrogens (tertiary/aromatic N) is 2. The summed E-state index contributed by atoms with van der Waals surface area (Å²) >= 11 is 0. The predicted molar refractivity (Wildman–Crippen MR) is 49.1 cm³/mol. The van der Waals surface area contributed by atoms with Crippen molar-refractivity contribution in [2.75, 3.05) is 18.6 Å². The van der Waals surface area contributed by atoms with Crippen LogP contribution in [0.15, 0.2) is 12.3 Å². The molecular formula is C8H14N4O. The third kappa shape index (κ3) is 1.81. The van der Waals surface area contributed by atoms with Crippen molar-refractivity contribution in [2.24, 2.45) is 5.84 Å². The summed E-state index contributed by atoms with van der Waals surface area (Å²) in [5, 5.41) is 4.28. The van der Waals surface area contributed by atoms with Gasteiger partial charge in [-0.3, -0.25) is 4.68 Å². The lowest BCUT2D eigenvalue weighted by molar-refractivity contribution is 0.0663. The van der Waals surface area contributed by atoms with E-state index in [1.165, 1.54) is 0 Å². The Morgan fingerprint density at radius 2 is 2.31 bits per heavy atom. The first-order valence-corrected chi connectivity index (χ1v) is 4.49. The molecule has 0 atom stereocenters. The molecule has 1 saturated heterocycles. The van der Waals surface area contributed by atoms with Crippen LogP contribution in [0.25, 0.3) is 0 Å². The maximum atomic E-state index is 5.27. The quantitative estimate of drug-likeness (QED) is 0.517. The molecule has 0 spiro atoms. The van der Waals surface area contributed by atoms with Crippen LogP contribution in [-0.2, 0) is 4.74 Å². The summed E-state index contributed by atoms with van der Waals surface area (Å²) in [5.74, 6) is 5.96. The number of nitrogens with two attached hydrogens (primary N) is 1. The molecule has 0 bridgehead atoms. The highest BCUT2D eigenvalue weighted by Gasteiger charge is 2.15. The number of nitrogen functional groups attached to an aromatic ring is 1. The number of aromatic nitrogens is 2. The summed E-state index contributed by atoms with van der Waals surface area (Å²) in [5.41, 5.74) is 2.52. The van der Waals surface area contributed by atoms with Crippen LogP contribution in [0.1, 0.15) is 18.9 Å². The zero-order chi connectivity index (χ0) is 9.10. The van der Waals surface area contributed by atoms with E-state index in [0.29, 0.717) is 11.9 Å². The fraction of sp³-hybridized carbons (Fsp3) is 0.625. The molecule has 1 aliphatic heterocycles. The SMILES string of the molecule is NNc1ccn(C2CCOCC2)n1. The van der Waals surface area contributed by atoms with Crippen LogP contribution in [0, 0.1) is 0 Å². The van der Waals surface area contributed by atoms with Gasteiger partial charge in [-0.25, -0.2) is 5.84 Å². The Hall–Kier alpha value is -1.07. The highest BCUT2D eigenvalue weighted by atomic mass is 16.5. The number of rotatable bonds is 2. The molecule has 0 aliphatic carbocycles. The first-order chi connectivity index (χ1) is 6.40. The third-order valence-corrected chi connectivity index (χ3v) is 2.32. The molecule has 5 heteroatoms. The van der Waals surface area contributed by atoms with Crippen molar-refractivity contribution in [1.29, 1.82) is 0 Å². The van der Waals surface area contributed by atoms with Gasteiger partial charge >= 0.3 is 0 Å². The van der Waals surface area contributed by atoms with Gasteiger partial charge in [0.2, 0.25) is 0 Å². The largest absolute Gasteiger partial charge is 0.381 e. The Labute approximate surface area is 76.8 Å². The fourth-order valence-corrected chi connectivity index (χ4v) is 1.57. The van der Waals surface area contributed by atoms with E-state index in [4.69, 9.17) is 10.6 Å². The van der Waals surface area contributed by atoms with E-state index in [0.717, 1.165) is 26.1 Å². The van der Waals surface area contributed by atoms with E-state index in [-0.39, 0.29) is 0 Å². The van der Waals surface area contributed by atoms with Gasteiger partial charge in [-0.05, 0) is 12.8 Å². The van der Waals surface area contributed by atoms with Crippen molar-refractivity contribution in [3.05, 3.63) is 12.3 Å². The number of ether oxygens (including phenoxy) is 1. The zero-order valence-corrected chi connectivity index (χ0v) is 7.44.